The summed E-state index contributed by atoms with van der Waals surface area (Å²) in [6, 6.07) is 11.7. The van der Waals surface area contributed by atoms with Crippen LogP contribution in [-0.4, -0.2) is 31.0 Å². The summed E-state index contributed by atoms with van der Waals surface area (Å²) in [5.74, 6) is 0.766. The van der Waals surface area contributed by atoms with Crippen LogP contribution in [0.2, 0.25) is 5.02 Å². The van der Waals surface area contributed by atoms with E-state index in [-0.39, 0.29) is 12.5 Å². The summed E-state index contributed by atoms with van der Waals surface area (Å²) in [7, 11) is 1.57. The Kier molecular flexibility index (Phi) is 5.82. The lowest BCUT2D eigenvalue weighted by Crippen LogP contribution is -2.20. The Labute approximate surface area is 138 Å². The number of methoxy groups -OCH3 is 1. The second-order valence-corrected chi connectivity index (χ2v) is 4.93. The number of ether oxygens (including phenoxy) is 2. The second-order valence-electron chi connectivity index (χ2n) is 4.49. The van der Waals surface area contributed by atoms with Crippen LogP contribution < -0.4 is 14.8 Å². The van der Waals surface area contributed by atoms with Gasteiger partial charge in [-0.05, 0) is 42.5 Å². The zero-order valence-electron chi connectivity index (χ0n) is 12.3. The van der Waals surface area contributed by atoms with Gasteiger partial charge < -0.3 is 20.0 Å². The molecule has 0 bridgehead atoms. The van der Waals surface area contributed by atoms with Crippen molar-refractivity contribution in [3.8, 4) is 11.5 Å². The number of amides is 1. The first-order valence-corrected chi connectivity index (χ1v) is 7.04. The maximum atomic E-state index is 11.9. The van der Waals surface area contributed by atoms with Crippen molar-refractivity contribution in [2.24, 2.45) is 5.16 Å². The lowest BCUT2D eigenvalue weighted by atomic mass is 10.2. The number of hydrogen-bond donors (Lipinski definition) is 2. The molecule has 7 heteroatoms. The number of oxime groups is 1. The molecule has 1 amide bonds. The van der Waals surface area contributed by atoms with E-state index in [2.05, 4.69) is 10.5 Å². The van der Waals surface area contributed by atoms with E-state index in [1.807, 2.05) is 0 Å². The number of rotatable bonds is 6. The molecule has 0 radical (unpaired) electrons. The Morgan fingerprint density at radius 1 is 1.30 bits per heavy atom. The zero-order chi connectivity index (χ0) is 16.7. The molecule has 23 heavy (non-hydrogen) atoms. The molecule has 2 aromatic rings. The van der Waals surface area contributed by atoms with Gasteiger partial charge in [0.05, 0.1) is 13.3 Å². The van der Waals surface area contributed by atoms with Crippen molar-refractivity contribution in [1.29, 1.82) is 0 Å². The largest absolute Gasteiger partial charge is 0.497 e. The molecular formula is C16H15ClN2O4. The van der Waals surface area contributed by atoms with Crippen LogP contribution in [0.3, 0.4) is 0 Å². The number of halogens is 1. The van der Waals surface area contributed by atoms with Crippen LogP contribution in [0.1, 0.15) is 5.56 Å². The van der Waals surface area contributed by atoms with Crippen LogP contribution in [0.15, 0.2) is 47.6 Å². The summed E-state index contributed by atoms with van der Waals surface area (Å²) in [6.07, 6.45) is 1.18. The van der Waals surface area contributed by atoms with Gasteiger partial charge in [-0.3, -0.25) is 4.79 Å². The lowest BCUT2D eigenvalue weighted by molar-refractivity contribution is -0.118. The highest BCUT2D eigenvalue weighted by molar-refractivity contribution is 6.30. The fraction of sp³-hybridized carbons (Fsp3) is 0.125. The van der Waals surface area contributed by atoms with Crippen molar-refractivity contribution in [3.63, 3.8) is 0 Å². The molecule has 0 spiro atoms. The molecule has 0 atom stereocenters. The van der Waals surface area contributed by atoms with Crippen LogP contribution in [0.4, 0.5) is 5.69 Å². The molecule has 0 aliphatic carbocycles. The number of nitrogens with zero attached hydrogens (tertiary/aromatic N) is 1. The van der Waals surface area contributed by atoms with Crippen LogP contribution in [0.5, 0.6) is 11.5 Å². The predicted molar refractivity (Wildman–Crippen MR) is 88.0 cm³/mol. The van der Waals surface area contributed by atoms with Crippen molar-refractivity contribution in [2.75, 3.05) is 19.0 Å². The highest BCUT2D eigenvalue weighted by Gasteiger charge is 2.07. The van der Waals surface area contributed by atoms with Gasteiger partial charge in [0.25, 0.3) is 5.91 Å². The minimum absolute atomic E-state index is 0.195. The van der Waals surface area contributed by atoms with Gasteiger partial charge in [-0.1, -0.05) is 16.8 Å². The summed E-state index contributed by atoms with van der Waals surface area (Å²) in [5, 5.41) is 14.7. The van der Waals surface area contributed by atoms with Crippen molar-refractivity contribution in [1.82, 2.24) is 0 Å². The van der Waals surface area contributed by atoms with E-state index in [4.69, 9.17) is 26.3 Å². The third-order valence-corrected chi connectivity index (χ3v) is 3.14. The van der Waals surface area contributed by atoms with E-state index >= 15 is 0 Å². The quantitative estimate of drug-likeness (QED) is 0.483. The van der Waals surface area contributed by atoms with Gasteiger partial charge in [-0.15, -0.1) is 0 Å². The number of benzene rings is 2. The maximum absolute atomic E-state index is 11.9. The van der Waals surface area contributed by atoms with E-state index in [0.29, 0.717) is 27.8 Å². The molecular weight excluding hydrogens is 320 g/mol. The number of hydrogen-bond acceptors (Lipinski definition) is 5. The molecule has 0 unspecified atom stereocenters. The van der Waals surface area contributed by atoms with E-state index in [1.165, 1.54) is 6.21 Å². The summed E-state index contributed by atoms with van der Waals surface area (Å²) in [5.41, 5.74) is 1.10. The van der Waals surface area contributed by atoms with Gasteiger partial charge in [-0.2, -0.15) is 0 Å². The number of nitrogens with one attached hydrogen (secondary N) is 1. The van der Waals surface area contributed by atoms with Crippen LogP contribution in [-0.2, 0) is 4.79 Å². The Morgan fingerprint density at radius 2 is 2.04 bits per heavy atom. The number of anilines is 1. The molecule has 2 rings (SSSR count). The molecule has 0 saturated heterocycles. The molecule has 0 aliphatic rings. The smallest absolute Gasteiger partial charge is 0.262 e. The summed E-state index contributed by atoms with van der Waals surface area (Å²) in [6.45, 7) is -0.195. The van der Waals surface area contributed by atoms with Crippen LogP contribution in [0.25, 0.3) is 0 Å². The van der Waals surface area contributed by atoms with E-state index in [0.717, 1.165) is 0 Å². The average Bonchev–Trinajstić information content (AvgIpc) is 2.55. The first kappa shape index (κ1) is 16.6. The van der Waals surface area contributed by atoms with Gasteiger partial charge in [-0.25, -0.2) is 0 Å². The minimum atomic E-state index is -0.322. The monoisotopic (exact) mass is 334 g/mol. The fourth-order valence-electron chi connectivity index (χ4n) is 1.83. The molecule has 0 heterocycles. The standard InChI is InChI=1S/C16H15ClN2O4/c1-22-14-5-3-13(4-6-14)19-16(20)10-23-15-7-2-12(17)8-11(15)9-18-21/h2-9,21H,10H2,1H3,(H,19,20)/b18-9+. The lowest BCUT2D eigenvalue weighted by Gasteiger charge is -2.10. The number of carbonyl (C=O) groups is 1. The van der Waals surface area contributed by atoms with Gasteiger partial charge in [0.15, 0.2) is 6.61 Å². The van der Waals surface area contributed by atoms with E-state index in [9.17, 15) is 4.79 Å². The Morgan fingerprint density at radius 3 is 2.70 bits per heavy atom. The van der Waals surface area contributed by atoms with Crippen LogP contribution >= 0.6 is 11.6 Å². The van der Waals surface area contributed by atoms with E-state index < -0.39 is 0 Å². The molecule has 0 aromatic heterocycles. The number of carbonyl (C=O) groups excluding carboxylic acids is 1. The predicted octanol–water partition coefficient (Wildman–Crippen LogP) is 3.17. The van der Waals surface area contributed by atoms with Gasteiger partial charge in [0, 0.05) is 16.3 Å². The highest BCUT2D eigenvalue weighted by Crippen LogP contribution is 2.21. The fourth-order valence-corrected chi connectivity index (χ4v) is 2.01. The van der Waals surface area contributed by atoms with Gasteiger partial charge in [0.1, 0.15) is 11.5 Å². The molecule has 120 valence electrons. The topological polar surface area (TPSA) is 80.2 Å². The molecule has 6 nitrogen and oxygen atoms in total. The summed E-state index contributed by atoms with van der Waals surface area (Å²) >= 11 is 5.86. The third-order valence-electron chi connectivity index (χ3n) is 2.90. The molecule has 2 N–H and O–H groups in total. The molecule has 0 fully saturated rings. The van der Waals surface area contributed by atoms with Crippen molar-refractivity contribution in [3.05, 3.63) is 53.1 Å². The molecule has 2 aromatic carbocycles. The van der Waals surface area contributed by atoms with Gasteiger partial charge in [0.2, 0.25) is 0 Å². The van der Waals surface area contributed by atoms with Crippen molar-refractivity contribution < 1.29 is 19.5 Å². The Hall–Kier alpha value is -2.73. The van der Waals surface area contributed by atoms with Crippen LogP contribution in [0, 0.1) is 0 Å². The van der Waals surface area contributed by atoms with Crippen molar-refractivity contribution >= 4 is 29.4 Å². The Bertz CT molecular complexity index is 702. The summed E-state index contributed by atoms with van der Waals surface area (Å²) < 4.78 is 10.5. The molecule has 0 aliphatic heterocycles. The summed E-state index contributed by atoms with van der Waals surface area (Å²) in [4.78, 5) is 11.9. The van der Waals surface area contributed by atoms with Crippen molar-refractivity contribution in [2.45, 2.75) is 0 Å². The highest BCUT2D eigenvalue weighted by atomic mass is 35.5. The average molecular weight is 335 g/mol. The second kappa shape index (κ2) is 8.05. The Balaban J connectivity index is 1.96. The zero-order valence-corrected chi connectivity index (χ0v) is 13.1. The molecule has 0 saturated carbocycles. The minimum Gasteiger partial charge on any atom is -0.497 e. The normalized spacial score (nSPS) is 10.5. The van der Waals surface area contributed by atoms with Gasteiger partial charge >= 0.3 is 0 Å². The van der Waals surface area contributed by atoms with E-state index in [1.54, 1.807) is 49.6 Å². The first-order chi connectivity index (χ1) is 11.1. The first-order valence-electron chi connectivity index (χ1n) is 6.66. The maximum Gasteiger partial charge on any atom is 0.262 e. The third kappa shape index (κ3) is 4.89. The SMILES string of the molecule is COc1ccc(NC(=O)COc2ccc(Cl)cc2/C=N/O)cc1.